The van der Waals surface area contributed by atoms with E-state index < -0.39 is 0 Å². The van der Waals surface area contributed by atoms with Gasteiger partial charge >= 0.3 is 6.09 Å². The van der Waals surface area contributed by atoms with E-state index in [1.54, 1.807) is 11.2 Å². The normalized spacial score (nSPS) is 14.8. The lowest BCUT2D eigenvalue weighted by atomic mass is 10.3. The number of piperazine rings is 1. The lowest BCUT2D eigenvalue weighted by molar-refractivity contribution is 0.105. The van der Waals surface area contributed by atoms with Crippen LogP contribution in [-0.4, -0.2) is 60.3 Å². The SMILES string of the molecule is CCCCNc1cc(N2CCN(C(=O)OCC)CC2)ncn1. The van der Waals surface area contributed by atoms with Crippen molar-refractivity contribution in [2.75, 3.05) is 49.5 Å². The zero-order valence-corrected chi connectivity index (χ0v) is 13.4. The number of unbranched alkanes of at least 4 members (excludes halogenated alkanes) is 1. The molecule has 22 heavy (non-hydrogen) atoms. The summed E-state index contributed by atoms with van der Waals surface area (Å²) in [6.45, 7) is 8.14. The average Bonchev–Trinajstić information content (AvgIpc) is 2.56. The predicted octanol–water partition coefficient (Wildman–Crippen LogP) is 1.97. The molecular formula is C15H25N5O2. The van der Waals surface area contributed by atoms with Crippen molar-refractivity contribution in [2.24, 2.45) is 0 Å². The molecule has 1 aliphatic heterocycles. The molecule has 1 N–H and O–H groups in total. The Morgan fingerprint density at radius 2 is 2.05 bits per heavy atom. The van der Waals surface area contributed by atoms with Gasteiger partial charge < -0.3 is 19.9 Å². The number of rotatable bonds is 6. The molecule has 0 bridgehead atoms. The van der Waals surface area contributed by atoms with Crippen LogP contribution in [0.2, 0.25) is 0 Å². The lowest BCUT2D eigenvalue weighted by Gasteiger charge is -2.34. The maximum absolute atomic E-state index is 11.7. The van der Waals surface area contributed by atoms with E-state index in [1.165, 1.54) is 0 Å². The van der Waals surface area contributed by atoms with Crippen LogP contribution in [0.1, 0.15) is 26.7 Å². The summed E-state index contributed by atoms with van der Waals surface area (Å²) < 4.78 is 5.03. The second-order valence-electron chi connectivity index (χ2n) is 5.21. The minimum atomic E-state index is -0.230. The zero-order chi connectivity index (χ0) is 15.8. The van der Waals surface area contributed by atoms with Gasteiger partial charge in [-0.15, -0.1) is 0 Å². The fourth-order valence-electron chi connectivity index (χ4n) is 2.34. The Balaban J connectivity index is 1.88. The number of aromatic nitrogens is 2. The average molecular weight is 307 g/mol. The number of carbonyl (C=O) groups is 1. The minimum absolute atomic E-state index is 0.230. The maximum atomic E-state index is 11.7. The summed E-state index contributed by atoms with van der Waals surface area (Å²) in [6, 6.07) is 1.97. The molecule has 122 valence electrons. The van der Waals surface area contributed by atoms with Crippen molar-refractivity contribution in [3.63, 3.8) is 0 Å². The van der Waals surface area contributed by atoms with Crippen LogP contribution in [0, 0.1) is 0 Å². The Labute approximate surface area is 131 Å². The monoisotopic (exact) mass is 307 g/mol. The van der Waals surface area contributed by atoms with Gasteiger partial charge in [-0.2, -0.15) is 0 Å². The van der Waals surface area contributed by atoms with Crippen LogP contribution in [0.15, 0.2) is 12.4 Å². The van der Waals surface area contributed by atoms with E-state index in [4.69, 9.17) is 4.74 Å². The van der Waals surface area contributed by atoms with E-state index >= 15 is 0 Å². The predicted molar refractivity (Wildman–Crippen MR) is 86.2 cm³/mol. The lowest BCUT2D eigenvalue weighted by Crippen LogP contribution is -2.49. The van der Waals surface area contributed by atoms with Gasteiger partial charge in [0.05, 0.1) is 6.61 Å². The molecule has 1 amide bonds. The van der Waals surface area contributed by atoms with E-state index in [0.29, 0.717) is 19.7 Å². The summed E-state index contributed by atoms with van der Waals surface area (Å²) in [6.07, 6.45) is 3.63. The van der Waals surface area contributed by atoms with Gasteiger partial charge in [-0.25, -0.2) is 14.8 Å². The molecule has 0 spiro atoms. The van der Waals surface area contributed by atoms with Crippen molar-refractivity contribution in [1.82, 2.24) is 14.9 Å². The largest absolute Gasteiger partial charge is 0.450 e. The summed E-state index contributed by atoms with van der Waals surface area (Å²) in [7, 11) is 0. The Hall–Kier alpha value is -2.05. The Morgan fingerprint density at radius 3 is 2.73 bits per heavy atom. The Kier molecular flexibility index (Phi) is 6.24. The summed E-state index contributed by atoms with van der Waals surface area (Å²) in [5.74, 6) is 1.75. The molecule has 2 heterocycles. The van der Waals surface area contributed by atoms with Gasteiger partial charge in [0.15, 0.2) is 0 Å². The third-order valence-corrected chi connectivity index (χ3v) is 3.62. The third-order valence-electron chi connectivity index (χ3n) is 3.62. The summed E-state index contributed by atoms with van der Waals surface area (Å²) >= 11 is 0. The highest BCUT2D eigenvalue weighted by Gasteiger charge is 2.22. The van der Waals surface area contributed by atoms with Crippen LogP contribution in [0.4, 0.5) is 16.4 Å². The summed E-state index contributed by atoms with van der Waals surface area (Å²) in [5, 5.41) is 3.31. The van der Waals surface area contributed by atoms with Crippen LogP contribution in [0.3, 0.4) is 0 Å². The highest BCUT2D eigenvalue weighted by atomic mass is 16.6. The minimum Gasteiger partial charge on any atom is -0.450 e. The fourth-order valence-corrected chi connectivity index (χ4v) is 2.34. The molecular weight excluding hydrogens is 282 g/mol. The molecule has 7 nitrogen and oxygen atoms in total. The quantitative estimate of drug-likeness (QED) is 0.810. The number of hydrogen-bond acceptors (Lipinski definition) is 6. The number of ether oxygens (including phenoxy) is 1. The molecule has 7 heteroatoms. The highest BCUT2D eigenvalue weighted by Crippen LogP contribution is 2.16. The fraction of sp³-hybridized carbons (Fsp3) is 0.667. The molecule has 0 aromatic carbocycles. The van der Waals surface area contributed by atoms with E-state index in [9.17, 15) is 4.79 Å². The molecule has 1 saturated heterocycles. The molecule has 1 aromatic rings. The van der Waals surface area contributed by atoms with Crippen LogP contribution in [-0.2, 0) is 4.74 Å². The Morgan fingerprint density at radius 1 is 1.27 bits per heavy atom. The molecule has 1 aliphatic rings. The molecule has 1 aromatic heterocycles. The molecule has 2 rings (SSSR count). The van der Waals surface area contributed by atoms with E-state index in [1.807, 2.05) is 13.0 Å². The summed E-state index contributed by atoms with van der Waals surface area (Å²) in [5.41, 5.74) is 0. The van der Waals surface area contributed by atoms with Gasteiger partial charge in [-0.1, -0.05) is 13.3 Å². The number of hydrogen-bond donors (Lipinski definition) is 1. The topological polar surface area (TPSA) is 70.6 Å². The van der Waals surface area contributed by atoms with Crippen molar-refractivity contribution in [2.45, 2.75) is 26.7 Å². The van der Waals surface area contributed by atoms with Crippen LogP contribution < -0.4 is 10.2 Å². The molecule has 1 fully saturated rings. The zero-order valence-electron chi connectivity index (χ0n) is 13.4. The number of nitrogens with one attached hydrogen (secondary N) is 1. The first-order chi connectivity index (χ1) is 10.7. The number of anilines is 2. The third kappa shape index (κ3) is 4.47. The van der Waals surface area contributed by atoms with Crippen LogP contribution in [0.5, 0.6) is 0 Å². The number of carbonyl (C=O) groups excluding carboxylic acids is 1. The van der Waals surface area contributed by atoms with Crippen LogP contribution >= 0.6 is 0 Å². The molecule has 0 atom stereocenters. The van der Waals surface area contributed by atoms with Gasteiger partial charge in [-0.05, 0) is 13.3 Å². The van der Waals surface area contributed by atoms with Crippen molar-refractivity contribution >= 4 is 17.7 Å². The standard InChI is InChI=1S/C15H25N5O2/c1-3-5-6-16-13-11-14(18-12-17-13)19-7-9-20(10-8-19)15(21)22-4-2/h11-12H,3-10H2,1-2H3,(H,16,17,18). The molecule has 0 unspecified atom stereocenters. The van der Waals surface area contributed by atoms with Crippen molar-refractivity contribution in [3.05, 3.63) is 12.4 Å². The first kappa shape index (κ1) is 16.3. The molecule has 0 saturated carbocycles. The van der Waals surface area contributed by atoms with Gasteiger partial charge in [0, 0.05) is 38.8 Å². The van der Waals surface area contributed by atoms with Crippen LogP contribution in [0.25, 0.3) is 0 Å². The molecule has 0 radical (unpaired) electrons. The second-order valence-corrected chi connectivity index (χ2v) is 5.21. The van der Waals surface area contributed by atoms with Crippen molar-refractivity contribution in [1.29, 1.82) is 0 Å². The van der Waals surface area contributed by atoms with Gasteiger partial charge in [0.25, 0.3) is 0 Å². The molecule has 0 aliphatic carbocycles. The van der Waals surface area contributed by atoms with E-state index in [2.05, 4.69) is 27.1 Å². The smallest absolute Gasteiger partial charge is 0.409 e. The van der Waals surface area contributed by atoms with Gasteiger partial charge in [0.1, 0.15) is 18.0 Å². The first-order valence-electron chi connectivity index (χ1n) is 7.97. The van der Waals surface area contributed by atoms with E-state index in [-0.39, 0.29) is 6.09 Å². The summed E-state index contributed by atoms with van der Waals surface area (Å²) in [4.78, 5) is 24.2. The highest BCUT2D eigenvalue weighted by molar-refractivity contribution is 5.68. The maximum Gasteiger partial charge on any atom is 0.409 e. The van der Waals surface area contributed by atoms with Gasteiger partial charge in [0.2, 0.25) is 0 Å². The first-order valence-corrected chi connectivity index (χ1v) is 7.97. The number of nitrogens with zero attached hydrogens (tertiary/aromatic N) is 4. The van der Waals surface area contributed by atoms with Gasteiger partial charge in [-0.3, -0.25) is 0 Å². The van der Waals surface area contributed by atoms with Crippen molar-refractivity contribution in [3.8, 4) is 0 Å². The Bertz CT molecular complexity index is 475. The second kappa shape index (κ2) is 8.41. The van der Waals surface area contributed by atoms with Crippen molar-refractivity contribution < 1.29 is 9.53 Å². The van der Waals surface area contributed by atoms with E-state index in [0.717, 1.165) is 44.1 Å². The number of amides is 1.